The molecule has 1 N–H and O–H groups in total. The number of aromatic nitrogens is 1. The smallest absolute Gasteiger partial charge is 0.269 e. The number of sulfone groups is 1. The van der Waals surface area contributed by atoms with Gasteiger partial charge in [-0.3, -0.25) is 25.0 Å². The summed E-state index contributed by atoms with van der Waals surface area (Å²) >= 11 is 1.93. The fourth-order valence-corrected chi connectivity index (χ4v) is 5.72. The number of nitrogens with one attached hydrogen (secondary N) is 1. The minimum Gasteiger partial charge on any atom is -0.301 e. The number of carbonyl (C=O) groups is 1. The fourth-order valence-electron chi connectivity index (χ4n) is 2.42. The van der Waals surface area contributed by atoms with Crippen LogP contribution in [0.25, 0.3) is 0 Å². The fraction of sp³-hybridized carbons (Fsp3) is 0.111. The van der Waals surface area contributed by atoms with Crippen LogP contribution in [0.2, 0.25) is 0 Å². The molecule has 1 heterocycles. The lowest BCUT2D eigenvalue weighted by Crippen LogP contribution is -2.22. The van der Waals surface area contributed by atoms with Gasteiger partial charge in [0.1, 0.15) is 4.21 Å². The Kier molecular flexibility index (Phi) is 6.86. The van der Waals surface area contributed by atoms with Gasteiger partial charge in [-0.1, -0.05) is 11.3 Å². The van der Waals surface area contributed by atoms with Gasteiger partial charge in [-0.15, -0.1) is 11.8 Å². The molecule has 1 amide bonds. The normalized spacial score (nSPS) is 12.2. The van der Waals surface area contributed by atoms with Gasteiger partial charge < -0.3 is 5.32 Å². The molecule has 1 unspecified atom stereocenters. The zero-order chi connectivity index (χ0) is 23.5. The van der Waals surface area contributed by atoms with E-state index >= 15 is 0 Å². The third-order valence-electron chi connectivity index (χ3n) is 4.07. The summed E-state index contributed by atoms with van der Waals surface area (Å²) in [5, 5.41) is 23.5. The quantitative estimate of drug-likeness (QED) is 0.278. The van der Waals surface area contributed by atoms with Gasteiger partial charge in [0.05, 0.1) is 26.2 Å². The molecule has 3 aromatic rings. The van der Waals surface area contributed by atoms with Crippen molar-refractivity contribution >= 4 is 55.3 Å². The van der Waals surface area contributed by atoms with Gasteiger partial charge in [0.15, 0.2) is 5.13 Å². The average molecular weight is 495 g/mol. The standard InChI is InChI=1S/C18H14N4O7S3/c1-11(30-14-6-2-12(3-7-14)21(24)25)17(23)20-18-19-10-16(31-18)32(28,29)15-8-4-13(5-9-15)22(26)27/h2-11H,1H3,(H,19,20,23). The van der Waals surface area contributed by atoms with E-state index < -0.39 is 30.8 Å². The number of thioether (sulfide) groups is 1. The Morgan fingerprint density at radius 3 is 2.09 bits per heavy atom. The van der Waals surface area contributed by atoms with Crippen LogP contribution < -0.4 is 5.32 Å². The van der Waals surface area contributed by atoms with Crippen LogP contribution in [0, 0.1) is 20.2 Å². The first-order valence-corrected chi connectivity index (χ1v) is 11.9. The van der Waals surface area contributed by atoms with E-state index in [9.17, 15) is 33.4 Å². The lowest BCUT2D eigenvalue weighted by molar-refractivity contribution is -0.385. The van der Waals surface area contributed by atoms with Crippen LogP contribution in [-0.4, -0.2) is 34.4 Å². The van der Waals surface area contributed by atoms with Crippen molar-refractivity contribution in [1.29, 1.82) is 0 Å². The Hall–Kier alpha value is -3.36. The molecule has 0 aliphatic carbocycles. The zero-order valence-electron chi connectivity index (χ0n) is 16.2. The van der Waals surface area contributed by atoms with Crippen LogP contribution in [0.4, 0.5) is 16.5 Å². The highest BCUT2D eigenvalue weighted by atomic mass is 32.2. The number of anilines is 1. The van der Waals surface area contributed by atoms with Gasteiger partial charge in [-0.2, -0.15) is 0 Å². The van der Waals surface area contributed by atoms with Crippen molar-refractivity contribution in [3.8, 4) is 0 Å². The van der Waals surface area contributed by atoms with Crippen molar-refractivity contribution in [2.24, 2.45) is 0 Å². The number of carbonyl (C=O) groups excluding carboxylic acids is 1. The molecule has 1 atom stereocenters. The number of nitrogens with zero attached hydrogens (tertiary/aromatic N) is 3. The molecule has 0 aliphatic rings. The molecule has 32 heavy (non-hydrogen) atoms. The van der Waals surface area contributed by atoms with Crippen molar-refractivity contribution in [1.82, 2.24) is 4.98 Å². The van der Waals surface area contributed by atoms with Crippen molar-refractivity contribution in [3.63, 3.8) is 0 Å². The second-order valence-electron chi connectivity index (χ2n) is 6.24. The predicted octanol–water partition coefficient (Wildman–Crippen LogP) is 3.91. The van der Waals surface area contributed by atoms with Crippen molar-refractivity contribution in [3.05, 3.63) is 75.0 Å². The molecule has 14 heteroatoms. The number of thiazole rings is 1. The maximum atomic E-state index is 12.7. The van der Waals surface area contributed by atoms with Crippen LogP contribution >= 0.6 is 23.1 Å². The molecule has 0 spiro atoms. The van der Waals surface area contributed by atoms with Crippen LogP contribution in [0.15, 0.2) is 68.7 Å². The van der Waals surface area contributed by atoms with Crippen LogP contribution in [0.1, 0.15) is 6.92 Å². The highest BCUT2D eigenvalue weighted by Gasteiger charge is 2.23. The summed E-state index contributed by atoms with van der Waals surface area (Å²) in [6.07, 6.45) is 1.10. The molecule has 11 nitrogen and oxygen atoms in total. The number of rotatable bonds is 8. The van der Waals surface area contributed by atoms with Crippen molar-refractivity contribution < 1.29 is 23.1 Å². The SMILES string of the molecule is CC(Sc1ccc([N+](=O)[O-])cc1)C(=O)Nc1ncc(S(=O)(=O)c2ccc([N+](=O)[O-])cc2)s1. The predicted molar refractivity (Wildman–Crippen MR) is 118 cm³/mol. The van der Waals surface area contributed by atoms with E-state index in [1.165, 1.54) is 36.0 Å². The van der Waals surface area contributed by atoms with Crippen LogP contribution in [0.3, 0.4) is 0 Å². The van der Waals surface area contributed by atoms with Gasteiger partial charge in [0, 0.05) is 29.2 Å². The van der Waals surface area contributed by atoms with E-state index in [-0.39, 0.29) is 25.6 Å². The zero-order valence-corrected chi connectivity index (χ0v) is 18.6. The maximum absolute atomic E-state index is 12.7. The highest BCUT2D eigenvalue weighted by molar-refractivity contribution is 8.00. The molecular formula is C18H14N4O7S3. The molecule has 0 radical (unpaired) electrons. The summed E-state index contributed by atoms with van der Waals surface area (Å²) in [7, 11) is -3.95. The Morgan fingerprint density at radius 1 is 1.03 bits per heavy atom. The first-order chi connectivity index (χ1) is 15.1. The monoisotopic (exact) mass is 494 g/mol. The third-order valence-corrected chi connectivity index (χ3v) is 8.32. The molecule has 2 aromatic carbocycles. The molecule has 1 aromatic heterocycles. The maximum Gasteiger partial charge on any atom is 0.269 e. The summed E-state index contributed by atoms with van der Waals surface area (Å²) in [5.41, 5.74) is -0.295. The largest absolute Gasteiger partial charge is 0.301 e. The number of hydrogen-bond acceptors (Lipinski definition) is 10. The molecule has 0 saturated carbocycles. The highest BCUT2D eigenvalue weighted by Crippen LogP contribution is 2.31. The van der Waals surface area contributed by atoms with Gasteiger partial charge >= 0.3 is 0 Å². The number of benzene rings is 2. The third kappa shape index (κ3) is 5.27. The number of amides is 1. The summed E-state index contributed by atoms with van der Waals surface area (Å²) in [6.45, 7) is 1.63. The van der Waals surface area contributed by atoms with Crippen molar-refractivity contribution in [2.45, 2.75) is 26.2 Å². The first kappa shape index (κ1) is 23.3. The van der Waals surface area contributed by atoms with Gasteiger partial charge in [-0.05, 0) is 31.2 Å². The van der Waals surface area contributed by atoms with E-state index in [4.69, 9.17) is 0 Å². The van der Waals surface area contributed by atoms with Crippen LogP contribution in [0.5, 0.6) is 0 Å². The van der Waals surface area contributed by atoms with E-state index in [1.54, 1.807) is 6.92 Å². The Labute approximate surface area is 189 Å². The molecule has 3 rings (SSSR count). The summed E-state index contributed by atoms with van der Waals surface area (Å²) in [4.78, 5) is 37.2. The van der Waals surface area contributed by atoms with Crippen molar-refractivity contribution in [2.75, 3.05) is 5.32 Å². The minimum absolute atomic E-state index is 0.0593. The molecule has 0 saturated heterocycles. The first-order valence-electron chi connectivity index (χ1n) is 8.75. The minimum atomic E-state index is -3.95. The summed E-state index contributed by atoms with van der Waals surface area (Å²) in [6, 6.07) is 10.2. The van der Waals surface area contributed by atoms with E-state index in [2.05, 4.69) is 10.3 Å². The topological polar surface area (TPSA) is 162 Å². The number of hydrogen-bond donors (Lipinski definition) is 1. The summed E-state index contributed by atoms with van der Waals surface area (Å²) in [5.74, 6) is -0.429. The Bertz CT molecular complexity index is 1270. The molecule has 0 bridgehead atoms. The molecule has 0 aliphatic heterocycles. The van der Waals surface area contributed by atoms with E-state index in [0.29, 0.717) is 4.90 Å². The molecule has 0 fully saturated rings. The number of non-ortho nitro benzene ring substituents is 2. The lowest BCUT2D eigenvalue weighted by atomic mass is 10.3. The molecule has 166 valence electrons. The van der Waals surface area contributed by atoms with Crippen LogP contribution in [-0.2, 0) is 14.6 Å². The molecular weight excluding hydrogens is 480 g/mol. The second-order valence-corrected chi connectivity index (χ2v) is 10.9. The number of nitro groups is 2. The van der Waals surface area contributed by atoms with Gasteiger partial charge in [-0.25, -0.2) is 13.4 Å². The second kappa shape index (κ2) is 9.42. The average Bonchev–Trinajstić information content (AvgIpc) is 3.23. The Balaban J connectivity index is 1.67. The number of nitro benzene ring substituents is 2. The lowest BCUT2D eigenvalue weighted by Gasteiger charge is -2.10. The Morgan fingerprint density at radius 2 is 1.56 bits per heavy atom. The van der Waals surface area contributed by atoms with E-state index in [1.807, 2.05) is 0 Å². The summed E-state index contributed by atoms with van der Waals surface area (Å²) < 4.78 is 25.3. The van der Waals surface area contributed by atoms with Gasteiger partial charge in [0.2, 0.25) is 15.7 Å². The van der Waals surface area contributed by atoms with Gasteiger partial charge in [0.25, 0.3) is 11.4 Å². The van der Waals surface area contributed by atoms with E-state index in [0.717, 1.165) is 41.8 Å².